The van der Waals surface area contributed by atoms with Crippen molar-refractivity contribution in [1.29, 1.82) is 0 Å². The van der Waals surface area contributed by atoms with Gasteiger partial charge in [0.15, 0.2) is 0 Å². The van der Waals surface area contributed by atoms with Gasteiger partial charge in [-0.15, -0.1) is 0 Å². The summed E-state index contributed by atoms with van der Waals surface area (Å²) in [4.78, 5) is 18.0. The molecule has 0 bridgehead atoms. The van der Waals surface area contributed by atoms with Crippen molar-refractivity contribution >= 4 is 11.7 Å². The predicted octanol–water partition coefficient (Wildman–Crippen LogP) is 2.05. The highest BCUT2D eigenvalue weighted by molar-refractivity contribution is 5.76. The van der Waals surface area contributed by atoms with Crippen molar-refractivity contribution in [3.05, 3.63) is 23.4 Å². The fraction of sp³-hybridized carbons (Fsp3) is 0.571. The van der Waals surface area contributed by atoms with Crippen LogP contribution in [-0.2, 0) is 4.79 Å². The zero-order chi connectivity index (χ0) is 13.5. The van der Waals surface area contributed by atoms with Crippen LogP contribution in [0, 0.1) is 13.8 Å². The number of rotatable bonds is 6. The second kappa shape index (κ2) is 6.99. The molecule has 0 atom stereocenters. The van der Waals surface area contributed by atoms with E-state index in [0.29, 0.717) is 19.5 Å². The highest BCUT2D eigenvalue weighted by Crippen LogP contribution is 2.15. The van der Waals surface area contributed by atoms with Crippen LogP contribution in [0.4, 0.5) is 5.82 Å². The molecule has 0 aliphatic carbocycles. The summed E-state index contributed by atoms with van der Waals surface area (Å²) in [7, 11) is 0. The van der Waals surface area contributed by atoms with Gasteiger partial charge in [0.1, 0.15) is 5.82 Å². The van der Waals surface area contributed by atoms with Gasteiger partial charge in [-0.1, -0.05) is 0 Å². The summed E-state index contributed by atoms with van der Waals surface area (Å²) in [6.45, 7) is 10.4. The Kier molecular flexibility index (Phi) is 5.62. The maximum Gasteiger partial charge on any atom is 0.221 e. The third-order valence-electron chi connectivity index (χ3n) is 3.05. The molecule has 0 aromatic carbocycles. The van der Waals surface area contributed by atoms with Crippen molar-refractivity contribution in [2.75, 3.05) is 24.5 Å². The number of aryl methyl sites for hydroxylation is 2. The van der Waals surface area contributed by atoms with Crippen molar-refractivity contribution in [2.45, 2.75) is 34.1 Å². The lowest BCUT2D eigenvalue weighted by molar-refractivity contribution is -0.120. The molecule has 0 aliphatic heterocycles. The zero-order valence-electron chi connectivity index (χ0n) is 11.8. The van der Waals surface area contributed by atoms with Crippen LogP contribution in [0.25, 0.3) is 0 Å². The average molecular weight is 249 g/mol. The number of nitrogens with one attached hydrogen (secondary N) is 1. The van der Waals surface area contributed by atoms with Gasteiger partial charge in [0, 0.05) is 32.3 Å². The van der Waals surface area contributed by atoms with Gasteiger partial charge in [0.2, 0.25) is 5.91 Å². The molecule has 1 heterocycles. The lowest BCUT2D eigenvalue weighted by Gasteiger charge is -2.22. The molecule has 0 saturated heterocycles. The van der Waals surface area contributed by atoms with Crippen LogP contribution in [0.5, 0.6) is 0 Å². The maximum absolute atomic E-state index is 11.5. The van der Waals surface area contributed by atoms with Crippen LogP contribution in [0.3, 0.4) is 0 Å². The van der Waals surface area contributed by atoms with E-state index in [4.69, 9.17) is 0 Å². The Morgan fingerprint density at radius 3 is 2.61 bits per heavy atom. The fourth-order valence-electron chi connectivity index (χ4n) is 1.74. The summed E-state index contributed by atoms with van der Waals surface area (Å²) in [5.74, 6) is 1.05. The van der Waals surface area contributed by atoms with Crippen LogP contribution < -0.4 is 10.2 Å². The second-order valence-corrected chi connectivity index (χ2v) is 4.41. The SMILES string of the molecule is CCNC(=O)CCN(CC)c1cc(C)c(C)cn1. The van der Waals surface area contributed by atoms with E-state index in [1.807, 2.05) is 13.1 Å². The average Bonchev–Trinajstić information content (AvgIpc) is 2.34. The van der Waals surface area contributed by atoms with Crippen LogP contribution >= 0.6 is 0 Å². The van der Waals surface area contributed by atoms with E-state index in [-0.39, 0.29) is 5.91 Å². The Labute approximate surface area is 109 Å². The molecule has 0 spiro atoms. The van der Waals surface area contributed by atoms with E-state index in [1.165, 1.54) is 11.1 Å². The summed E-state index contributed by atoms with van der Waals surface area (Å²) in [5.41, 5.74) is 2.43. The molecule has 100 valence electrons. The summed E-state index contributed by atoms with van der Waals surface area (Å²) in [5, 5.41) is 2.81. The summed E-state index contributed by atoms with van der Waals surface area (Å²) in [6.07, 6.45) is 2.40. The monoisotopic (exact) mass is 249 g/mol. The number of carbonyl (C=O) groups is 1. The molecule has 0 aliphatic rings. The van der Waals surface area contributed by atoms with Crippen LogP contribution in [0.15, 0.2) is 12.3 Å². The van der Waals surface area contributed by atoms with Crippen LogP contribution in [-0.4, -0.2) is 30.5 Å². The molecular formula is C14H23N3O. The fourth-order valence-corrected chi connectivity index (χ4v) is 1.74. The maximum atomic E-state index is 11.5. The molecular weight excluding hydrogens is 226 g/mol. The molecule has 0 unspecified atom stereocenters. The zero-order valence-corrected chi connectivity index (χ0v) is 11.8. The largest absolute Gasteiger partial charge is 0.356 e. The van der Waals surface area contributed by atoms with Crippen molar-refractivity contribution in [2.24, 2.45) is 0 Å². The number of anilines is 1. The molecule has 0 fully saturated rings. The Balaban J connectivity index is 2.65. The second-order valence-electron chi connectivity index (χ2n) is 4.41. The third kappa shape index (κ3) is 4.02. The Morgan fingerprint density at radius 1 is 1.33 bits per heavy atom. The number of amides is 1. The first-order valence-electron chi connectivity index (χ1n) is 6.53. The molecule has 1 aromatic rings. The van der Waals surface area contributed by atoms with Crippen LogP contribution in [0.1, 0.15) is 31.4 Å². The summed E-state index contributed by atoms with van der Waals surface area (Å²) >= 11 is 0. The molecule has 4 heteroatoms. The molecule has 1 amide bonds. The van der Waals surface area contributed by atoms with E-state index in [0.717, 1.165) is 12.4 Å². The number of nitrogens with zero attached hydrogens (tertiary/aromatic N) is 2. The Bertz CT molecular complexity index is 404. The number of aromatic nitrogens is 1. The van der Waals surface area contributed by atoms with Crippen molar-refractivity contribution in [3.63, 3.8) is 0 Å². The first kappa shape index (κ1) is 14.5. The molecule has 4 nitrogen and oxygen atoms in total. The molecule has 0 saturated carbocycles. The minimum Gasteiger partial charge on any atom is -0.356 e. The number of hydrogen-bond donors (Lipinski definition) is 1. The predicted molar refractivity (Wildman–Crippen MR) is 74.9 cm³/mol. The van der Waals surface area contributed by atoms with Crippen molar-refractivity contribution in [1.82, 2.24) is 10.3 Å². The van der Waals surface area contributed by atoms with Gasteiger partial charge in [0.05, 0.1) is 0 Å². The topological polar surface area (TPSA) is 45.2 Å². The van der Waals surface area contributed by atoms with Gasteiger partial charge in [-0.2, -0.15) is 0 Å². The highest BCUT2D eigenvalue weighted by Gasteiger charge is 2.09. The summed E-state index contributed by atoms with van der Waals surface area (Å²) < 4.78 is 0. The van der Waals surface area contributed by atoms with Gasteiger partial charge in [-0.3, -0.25) is 4.79 Å². The quantitative estimate of drug-likeness (QED) is 0.839. The van der Waals surface area contributed by atoms with Crippen molar-refractivity contribution in [3.8, 4) is 0 Å². The van der Waals surface area contributed by atoms with Gasteiger partial charge in [-0.25, -0.2) is 4.98 Å². The number of carbonyl (C=O) groups excluding carboxylic acids is 1. The lowest BCUT2D eigenvalue weighted by Crippen LogP contribution is -2.31. The van der Waals surface area contributed by atoms with Gasteiger partial charge < -0.3 is 10.2 Å². The van der Waals surface area contributed by atoms with E-state index < -0.39 is 0 Å². The minimum atomic E-state index is 0.0970. The van der Waals surface area contributed by atoms with E-state index >= 15 is 0 Å². The normalized spacial score (nSPS) is 10.2. The molecule has 1 aromatic heterocycles. The highest BCUT2D eigenvalue weighted by atomic mass is 16.1. The molecule has 18 heavy (non-hydrogen) atoms. The van der Waals surface area contributed by atoms with E-state index in [1.54, 1.807) is 0 Å². The molecule has 0 radical (unpaired) electrons. The van der Waals surface area contributed by atoms with Crippen molar-refractivity contribution < 1.29 is 4.79 Å². The van der Waals surface area contributed by atoms with Gasteiger partial charge in [0.25, 0.3) is 0 Å². The van der Waals surface area contributed by atoms with E-state index in [9.17, 15) is 4.79 Å². The molecule has 1 rings (SSSR count). The number of hydrogen-bond acceptors (Lipinski definition) is 3. The van der Waals surface area contributed by atoms with Gasteiger partial charge in [-0.05, 0) is 44.9 Å². The Hall–Kier alpha value is -1.58. The van der Waals surface area contributed by atoms with Gasteiger partial charge >= 0.3 is 0 Å². The standard InChI is InChI=1S/C14H23N3O/c1-5-15-14(18)7-8-17(6-2)13-9-11(3)12(4)10-16-13/h9-10H,5-8H2,1-4H3,(H,15,18). The minimum absolute atomic E-state index is 0.0970. The van der Waals surface area contributed by atoms with E-state index in [2.05, 4.69) is 42.0 Å². The smallest absolute Gasteiger partial charge is 0.221 e. The summed E-state index contributed by atoms with van der Waals surface area (Å²) in [6, 6.07) is 2.08. The number of pyridine rings is 1. The first-order chi connectivity index (χ1) is 8.58. The third-order valence-corrected chi connectivity index (χ3v) is 3.05. The lowest BCUT2D eigenvalue weighted by atomic mass is 10.2. The Morgan fingerprint density at radius 2 is 2.06 bits per heavy atom. The first-order valence-corrected chi connectivity index (χ1v) is 6.53. The molecule has 1 N–H and O–H groups in total. The van der Waals surface area contributed by atoms with Crippen LogP contribution in [0.2, 0.25) is 0 Å².